The molecule has 1 aromatic rings. The Labute approximate surface area is 93.4 Å². The average Bonchev–Trinajstić information content (AvgIpc) is 2.20. The normalized spacial score (nSPS) is 10.3. The highest BCUT2D eigenvalue weighted by atomic mass is 35.5. The van der Waals surface area contributed by atoms with Gasteiger partial charge in [-0.25, -0.2) is 0 Å². The molecule has 0 fully saturated rings. The molecule has 0 bridgehead atoms. The Balaban J connectivity index is 2.88. The topological polar surface area (TPSA) is 20.3 Å². The minimum Gasteiger partial charge on any atom is -0.310 e. The van der Waals surface area contributed by atoms with E-state index in [1.54, 1.807) is 4.90 Å². The fourth-order valence-electron chi connectivity index (χ4n) is 1.19. The van der Waals surface area contributed by atoms with Gasteiger partial charge in [-0.15, -0.1) is 0 Å². The van der Waals surface area contributed by atoms with Crippen molar-refractivity contribution in [2.75, 3.05) is 11.4 Å². The molecule has 0 radical (unpaired) electrons. The molecular weight excluding hydrogens is 221 g/mol. The van der Waals surface area contributed by atoms with E-state index in [1.807, 2.05) is 37.3 Å². The molecule has 0 unspecified atom stereocenters. The zero-order valence-corrected chi connectivity index (χ0v) is 9.29. The smallest absolute Gasteiger partial charge is 0.260 e. The lowest BCUT2D eigenvalue weighted by atomic mass is 10.3. The van der Waals surface area contributed by atoms with Crippen LogP contribution in [0.25, 0.3) is 0 Å². The highest BCUT2D eigenvalue weighted by molar-refractivity contribution is 6.54. The van der Waals surface area contributed by atoms with Gasteiger partial charge in [0.15, 0.2) is 4.84 Å². The number of rotatable bonds is 3. The lowest BCUT2D eigenvalue weighted by molar-refractivity contribution is -0.116. The second-order valence-electron chi connectivity index (χ2n) is 2.72. The highest BCUT2D eigenvalue weighted by Crippen LogP contribution is 2.16. The zero-order valence-electron chi connectivity index (χ0n) is 7.78. The number of alkyl halides is 2. The SMILES string of the molecule is CCN(C(=O)C(Cl)Cl)c1ccccc1. The lowest BCUT2D eigenvalue weighted by Crippen LogP contribution is -2.34. The summed E-state index contributed by atoms with van der Waals surface area (Å²) in [6.45, 7) is 2.43. The quantitative estimate of drug-likeness (QED) is 0.734. The van der Waals surface area contributed by atoms with E-state index in [1.165, 1.54) is 0 Å². The largest absolute Gasteiger partial charge is 0.310 e. The molecule has 0 aliphatic carbocycles. The van der Waals surface area contributed by atoms with Crippen molar-refractivity contribution in [3.8, 4) is 0 Å². The fourth-order valence-corrected chi connectivity index (χ4v) is 1.43. The molecule has 0 saturated carbocycles. The minimum absolute atomic E-state index is 0.290. The monoisotopic (exact) mass is 231 g/mol. The van der Waals surface area contributed by atoms with Gasteiger partial charge in [-0.05, 0) is 19.1 Å². The van der Waals surface area contributed by atoms with Crippen LogP contribution in [0, 0.1) is 0 Å². The van der Waals surface area contributed by atoms with Gasteiger partial charge in [0.1, 0.15) is 0 Å². The first-order chi connectivity index (χ1) is 6.66. The summed E-state index contributed by atoms with van der Waals surface area (Å²) in [5, 5.41) is 0. The average molecular weight is 232 g/mol. The summed E-state index contributed by atoms with van der Waals surface area (Å²) in [6, 6.07) is 9.31. The van der Waals surface area contributed by atoms with E-state index in [0.717, 1.165) is 5.69 Å². The van der Waals surface area contributed by atoms with Crippen molar-refractivity contribution in [1.29, 1.82) is 0 Å². The molecule has 76 valence electrons. The number of hydrogen-bond acceptors (Lipinski definition) is 1. The number of amides is 1. The van der Waals surface area contributed by atoms with E-state index < -0.39 is 4.84 Å². The van der Waals surface area contributed by atoms with E-state index in [2.05, 4.69) is 0 Å². The molecule has 0 saturated heterocycles. The van der Waals surface area contributed by atoms with Crippen molar-refractivity contribution in [3.05, 3.63) is 30.3 Å². The van der Waals surface area contributed by atoms with Crippen molar-refractivity contribution >= 4 is 34.8 Å². The third-order valence-corrected chi connectivity index (χ3v) is 2.21. The molecule has 1 amide bonds. The van der Waals surface area contributed by atoms with Crippen LogP contribution in [0.2, 0.25) is 0 Å². The van der Waals surface area contributed by atoms with E-state index in [4.69, 9.17) is 23.2 Å². The molecule has 0 spiro atoms. The van der Waals surface area contributed by atoms with E-state index in [-0.39, 0.29) is 5.91 Å². The molecule has 0 N–H and O–H groups in total. The summed E-state index contributed by atoms with van der Waals surface area (Å²) in [5.74, 6) is -0.290. The maximum Gasteiger partial charge on any atom is 0.260 e. The number of halogens is 2. The van der Waals surface area contributed by atoms with Crippen molar-refractivity contribution < 1.29 is 4.79 Å². The Kier molecular flexibility index (Phi) is 4.23. The Morgan fingerprint density at radius 3 is 2.36 bits per heavy atom. The Morgan fingerprint density at radius 1 is 1.36 bits per heavy atom. The van der Waals surface area contributed by atoms with Gasteiger partial charge < -0.3 is 4.90 Å². The van der Waals surface area contributed by atoms with Crippen LogP contribution in [0.15, 0.2) is 30.3 Å². The van der Waals surface area contributed by atoms with Crippen LogP contribution in [0.5, 0.6) is 0 Å². The van der Waals surface area contributed by atoms with E-state index >= 15 is 0 Å². The predicted molar refractivity (Wildman–Crippen MR) is 60.0 cm³/mol. The number of para-hydroxylation sites is 1. The van der Waals surface area contributed by atoms with Crippen LogP contribution in [0.4, 0.5) is 5.69 Å². The van der Waals surface area contributed by atoms with Crippen LogP contribution < -0.4 is 4.90 Å². The van der Waals surface area contributed by atoms with Crippen LogP contribution in [0.1, 0.15) is 6.92 Å². The Bertz CT molecular complexity index is 300. The lowest BCUT2D eigenvalue weighted by Gasteiger charge is -2.21. The van der Waals surface area contributed by atoms with Gasteiger partial charge in [-0.1, -0.05) is 41.4 Å². The van der Waals surface area contributed by atoms with Gasteiger partial charge >= 0.3 is 0 Å². The number of benzene rings is 1. The number of carbonyl (C=O) groups excluding carboxylic acids is 1. The number of carbonyl (C=O) groups is 1. The minimum atomic E-state index is -1.00. The molecule has 0 aromatic heterocycles. The van der Waals surface area contributed by atoms with Gasteiger partial charge in [0.25, 0.3) is 5.91 Å². The first kappa shape index (κ1) is 11.3. The number of anilines is 1. The van der Waals surface area contributed by atoms with Crippen molar-refractivity contribution in [2.24, 2.45) is 0 Å². The Morgan fingerprint density at radius 2 is 1.93 bits per heavy atom. The van der Waals surface area contributed by atoms with Gasteiger partial charge in [0.2, 0.25) is 0 Å². The third-order valence-electron chi connectivity index (χ3n) is 1.84. The van der Waals surface area contributed by atoms with Crippen molar-refractivity contribution in [3.63, 3.8) is 0 Å². The number of nitrogens with zero attached hydrogens (tertiary/aromatic N) is 1. The first-order valence-electron chi connectivity index (χ1n) is 4.31. The molecule has 2 nitrogen and oxygen atoms in total. The van der Waals surface area contributed by atoms with Gasteiger partial charge in [0, 0.05) is 12.2 Å². The van der Waals surface area contributed by atoms with E-state index in [9.17, 15) is 4.79 Å². The molecule has 1 rings (SSSR count). The van der Waals surface area contributed by atoms with Crippen LogP contribution in [-0.4, -0.2) is 17.3 Å². The van der Waals surface area contributed by atoms with Crippen molar-refractivity contribution in [1.82, 2.24) is 0 Å². The maximum absolute atomic E-state index is 11.5. The second kappa shape index (κ2) is 5.23. The van der Waals surface area contributed by atoms with Crippen molar-refractivity contribution in [2.45, 2.75) is 11.8 Å². The van der Waals surface area contributed by atoms with Crippen LogP contribution >= 0.6 is 23.2 Å². The summed E-state index contributed by atoms with van der Waals surface area (Å²) in [7, 11) is 0. The molecule has 0 aliphatic rings. The zero-order chi connectivity index (χ0) is 10.6. The summed E-state index contributed by atoms with van der Waals surface area (Å²) in [4.78, 5) is 12.1. The molecule has 14 heavy (non-hydrogen) atoms. The molecular formula is C10H11Cl2NO. The fraction of sp³-hybridized carbons (Fsp3) is 0.300. The third kappa shape index (κ3) is 2.63. The predicted octanol–water partition coefficient (Wildman–Crippen LogP) is 2.84. The molecule has 4 heteroatoms. The van der Waals surface area contributed by atoms with Crippen LogP contribution in [-0.2, 0) is 4.79 Å². The molecule has 0 atom stereocenters. The van der Waals surface area contributed by atoms with E-state index in [0.29, 0.717) is 6.54 Å². The summed E-state index contributed by atoms with van der Waals surface area (Å²) >= 11 is 11.1. The van der Waals surface area contributed by atoms with Gasteiger partial charge in [-0.3, -0.25) is 4.79 Å². The summed E-state index contributed by atoms with van der Waals surface area (Å²) in [5.41, 5.74) is 0.811. The first-order valence-corrected chi connectivity index (χ1v) is 5.18. The maximum atomic E-state index is 11.5. The molecule has 0 heterocycles. The van der Waals surface area contributed by atoms with Gasteiger partial charge in [-0.2, -0.15) is 0 Å². The number of hydrogen-bond donors (Lipinski definition) is 0. The highest BCUT2D eigenvalue weighted by Gasteiger charge is 2.19. The standard InChI is InChI=1S/C10H11Cl2NO/c1-2-13(10(14)9(11)12)8-6-4-3-5-7-8/h3-7,9H,2H2,1H3. The molecule has 1 aromatic carbocycles. The summed E-state index contributed by atoms with van der Waals surface area (Å²) < 4.78 is 0. The second-order valence-corrected chi connectivity index (χ2v) is 3.82. The van der Waals surface area contributed by atoms with Crippen LogP contribution in [0.3, 0.4) is 0 Å². The Hall–Kier alpha value is -0.730. The van der Waals surface area contributed by atoms with Gasteiger partial charge in [0.05, 0.1) is 0 Å². The summed E-state index contributed by atoms with van der Waals surface area (Å²) in [6.07, 6.45) is 0. The molecule has 0 aliphatic heterocycles.